The highest BCUT2D eigenvalue weighted by molar-refractivity contribution is 5.85. The fraction of sp³-hybridized carbons (Fsp3) is 0.323. The molecule has 3 atom stereocenters. The maximum absolute atomic E-state index is 13.4. The lowest BCUT2D eigenvalue weighted by Gasteiger charge is -2.38. The van der Waals surface area contributed by atoms with Gasteiger partial charge < -0.3 is 19.9 Å². The third-order valence-corrected chi connectivity index (χ3v) is 6.82. The van der Waals surface area contributed by atoms with Gasteiger partial charge in [0.05, 0.1) is 30.6 Å². The molecule has 4 rings (SSSR count). The fourth-order valence-corrected chi connectivity index (χ4v) is 4.87. The van der Waals surface area contributed by atoms with E-state index in [0.717, 1.165) is 27.1 Å². The van der Waals surface area contributed by atoms with Gasteiger partial charge in [0.1, 0.15) is 29.5 Å². The van der Waals surface area contributed by atoms with Gasteiger partial charge in [-0.05, 0) is 94.8 Å². The van der Waals surface area contributed by atoms with Crippen molar-refractivity contribution in [2.45, 2.75) is 58.3 Å². The van der Waals surface area contributed by atoms with Crippen molar-refractivity contribution in [3.8, 4) is 17.2 Å². The van der Waals surface area contributed by atoms with Crippen molar-refractivity contribution in [3.63, 3.8) is 0 Å². The number of ether oxygens (including phenoxy) is 2. The Morgan fingerprint density at radius 2 is 1.73 bits per heavy atom. The SMILES string of the molecule is COc1cccc([C@@H](Oc2ccc3c(cnn3-c3ccc(F)cc3)c2)[C@H](C)NC(=O)[C@@H](C)N(C(=O)O)C(C)(C)C)c1. The normalized spacial score (nSPS) is 13.7. The molecule has 0 saturated heterocycles. The molecule has 0 bridgehead atoms. The fourth-order valence-electron chi connectivity index (χ4n) is 4.87. The van der Waals surface area contributed by atoms with Gasteiger partial charge in [0.2, 0.25) is 5.91 Å². The topological polar surface area (TPSA) is 106 Å². The molecule has 41 heavy (non-hydrogen) atoms. The second-order valence-electron chi connectivity index (χ2n) is 10.9. The molecule has 0 aliphatic carbocycles. The Kier molecular flexibility index (Phi) is 8.51. The van der Waals surface area contributed by atoms with E-state index in [4.69, 9.17) is 9.47 Å². The minimum atomic E-state index is -1.18. The molecular weight excluding hydrogens is 527 g/mol. The van der Waals surface area contributed by atoms with Gasteiger partial charge in [-0.2, -0.15) is 5.10 Å². The molecule has 0 radical (unpaired) electrons. The number of carbonyl (C=O) groups excluding carboxylic acids is 1. The van der Waals surface area contributed by atoms with Crippen molar-refractivity contribution in [1.82, 2.24) is 20.0 Å². The van der Waals surface area contributed by atoms with Gasteiger partial charge in [-0.15, -0.1) is 0 Å². The summed E-state index contributed by atoms with van der Waals surface area (Å²) in [6, 6.07) is 17.5. The highest BCUT2D eigenvalue weighted by Gasteiger charge is 2.36. The summed E-state index contributed by atoms with van der Waals surface area (Å²) in [4.78, 5) is 26.3. The van der Waals surface area contributed by atoms with E-state index < -0.39 is 35.7 Å². The number of fused-ring (bicyclic) bond motifs is 1. The van der Waals surface area contributed by atoms with Gasteiger partial charge in [-0.1, -0.05) is 12.1 Å². The molecular formula is C31H35FN4O5. The zero-order chi connectivity index (χ0) is 29.9. The van der Waals surface area contributed by atoms with Crippen molar-refractivity contribution in [1.29, 1.82) is 0 Å². The molecule has 216 valence electrons. The Balaban J connectivity index is 1.63. The first kappa shape index (κ1) is 29.4. The van der Waals surface area contributed by atoms with Crippen molar-refractivity contribution in [2.75, 3.05) is 7.11 Å². The molecule has 1 heterocycles. The molecule has 0 spiro atoms. The summed E-state index contributed by atoms with van der Waals surface area (Å²) in [7, 11) is 1.57. The first-order valence-corrected chi connectivity index (χ1v) is 13.3. The number of carboxylic acid groups (broad SMARTS) is 1. The predicted octanol–water partition coefficient (Wildman–Crippen LogP) is 5.97. The van der Waals surface area contributed by atoms with Crippen LogP contribution in [0.5, 0.6) is 11.5 Å². The number of amides is 2. The van der Waals surface area contributed by atoms with Crippen LogP contribution in [-0.2, 0) is 4.79 Å². The Morgan fingerprint density at radius 3 is 2.37 bits per heavy atom. The van der Waals surface area contributed by atoms with Crippen LogP contribution in [0.1, 0.15) is 46.3 Å². The molecule has 10 heteroatoms. The maximum Gasteiger partial charge on any atom is 0.408 e. The second kappa shape index (κ2) is 11.9. The number of carbonyl (C=O) groups is 2. The summed E-state index contributed by atoms with van der Waals surface area (Å²) >= 11 is 0. The van der Waals surface area contributed by atoms with Crippen LogP contribution in [0.15, 0.2) is 72.9 Å². The Labute approximate surface area is 238 Å². The van der Waals surface area contributed by atoms with Gasteiger partial charge in [0, 0.05) is 10.9 Å². The number of hydrogen-bond donors (Lipinski definition) is 2. The van der Waals surface area contributed by atoms with E-state index in [1.54, 1.807) is 63.9 Å². The van der Waals surface area contributed by atoms with Gasteiger partial charge in [0.15, 0.2) is 0 Å². The van der Waals surface area contributed by atoms with E-state index in [1.165, 1.54) is 12.1 Å². The molecule has 0 saturated carbocycles. The average molecular weight is 563 g/mol. The van der Waals surface area contributed by atoms with E-state index in [0.29, 0.717) is 11.5 Å². The van der Waals surface area contributed by atoms with E-state index in [1.807, 2.05) is 43.3 Å². The molecule has 3 aromatic carbocycles. The molecule has 2 amide bonds. The summed E-state index contributed by atoms with van der Waals surface area (Å²) in [5, 5.41) is 18.0. The van der Waals surface area contributed by atoms with Crippen LogP contribution in [0.2, 0.25) is 0 Å². The Morgan fingerprint density at radius 1 is 1.02 bits per heavy atom. The van der Waals surface area contributed by atoms with Crippen LogP contribution < -0.4 is 14.8 Å². The number of rotatable bonds is 9. The smallest absolute Gasteiger partial charge is 0.408 e. The van der Waals surface area contributed by atoms with Crippen molar-refractivity contribution in [2.24, 2.45) is 0 Å². The zero-order valence-electron chi connectivity index (χ0n) is 24.0. The van der Waals surface area contributed by atoms with E-state index in [9.17, 15) is 19.1 Å². The molecule has 0 fully saturated rings. The van der Waals surface area contributed by atoms with Crippen molar-refractivity contribution < 1.29 is 28.6 Å². The summed E-state index contributed by atoms with van der Waals surface area (Å²) in [6.07, 6.45) is -0.118. The third kappa shape index (κ3) is 6.59. The minimum Gasteiger partial charge on any atom is -0.497 e. The highest BCUT2D eigenvalue weighted by atomic mass is 19.1. The maximum atomic E-state index is 13.4. The molecule has 0 unspecified atom stereocenters. The van der Waals surface area contributed by atoms with Crippen molar-refractivity contribution >= 4 is 22.9 Å². The first-order valence-electron chi connectivity index (χ1n) is 13.3. The van der Waals surface area contributed by atoms with Crippen LogP contribution in [0.3, 0.4) is 0 Å². The summed E-state index contributed by atoms with van der Waals surface area (Å²) < 4.78 is 27.0. The standard InChI is InChI=1S/C31H35FN4O5/c1-19(34-29(37)20(2)35(30(38)39)31(3,4)5)28(21-8-7-9-25(16-21)40-6)41-26-14-15-27-22(17-26)18-33-36(27)24-12-10-23(32)11-13-24/h7-20,28H,1-6H3,(H,34,37)(H,38,39)/t19-,20+,28-/m0/s1. The van der Waals surface area contributed by atoms with Crippen LogP contribution in [0.4, 0.5) is 9.18 Å². The monoisotopic (exact) mass is 562 g/mol. The summed E-state index contributed by atoms with van der Waals surface area (Å²) in [5.74, 6) is 0.403. The quantitative estimate of drug-likeness (QED) is 0.261. The van der Waals surface area contributed by atoms with Crippen LogP contribution >= 0.6 is 0 Å². The number of halogens is 1. The van der Waals surface area contributed by atoms with Crippen LogP contribution in [-0.4, -0.2) is 56.5 Å². The van der Waals surface area contributed by atoms with Gasteiger partial charge in [-0.25, -0.2) is 13.9 Å². The average Bonchev–Trinajstić information content (AvgIpc) is 3.34. The number of hydrogen-bond acceptors (Lipinski definition) is 5. The summed E-state index contributed by atoms with van der Waals surface area (Å²) in [5.41, 5.74) is 1.52. The zero-order valence-corrected chi connectivity index (χ0v) is 24.0. The first-order chi connectivity index (χ1) is 19.4. The molecule has 4 aromatic rings. The molecule has 9 nitrogen and oxygen atoms in total. The second-order valence-corrected chi connectivity index (χ2v) is 10.9. The van der Waals surface area contributed by atoms with E-state index in [-0.39, 0.29) is 5.82 Å². The number of methoxy groups -OCH3 is 1. The number of nitrogens with zero attached hydrogens (tertiary/aromatic N) is 3. The third-order valence-electron chi connectivity index (χ3n) is 6.82. The Hall–Kier alpha value is -4.60. The van der Waals surface area contributed by atoms with Crippen LogP contribution in [0.25, 0.3) is 16.6 Å². The van der Waals surface area contributed by atoms with Crippen molar-refractivity contribution in [3.05, 3.63) is 84.3 Å². The largest absolute Gasteiger partial charge is 0.497 e. The number of benzene rings is 3. The minimum absolute atomic E-state index is 0.325. The van der Waals surface area contributed by atoms with Gasteiger partial charge in [0.25, 0.3) is 0 Å². The van der Waals surface area contributed by atoms with E-state index >= 15 is 0 Å². The van der Waals surface area contributed by atoms with E-state index in [2.05, 4.69) is 10.4 Å². The molecule has 0 aliphatic rings. The van der Waals surface area contributed by atoms with Crippen LogP contribution in [0, 0.1) is 5.82 Å². The van der Waals surface area contributed by atoms with Gasteiger partial charge >= 0.3 is 6.09 Å². The van der Waals surface area contributed by atoms with Gasteiger partial charge in [-0.3, -0.25) is 9.69 Å². The lowest BCUT2D eigenvalue weighted by Crippen LogP contribution is -2.57. The lowest BCUT2D eigenvalue weighted by molar-refractivity contribution is -0.128. The number of nitrogens with one attached hydrogen (secondary N) is 1. The summed E-state index contributed by atoms with van der Waals surface area (Å²) in [6.45, 7) is 8.60. The molecule has 0 aliphatic heterocycles. The predicted molar refractivity (Wildman–Crippen MR) is 154 cm³/mol. The Bertz CT molecular complexity index is 1530. The number of aromatic nitrogens is 2. The lowest BCUT2D eigenvalue weighted by atomic mass is 10.0. The molecule has 1 aromatic heterocycles. The highest BCUT2D eigenvalue weighted by Crippen LogP contribution is 2.31. The molecule has 2 N–H and O–H groups in total.